The van der Waals surface area contributed by atoms with Crippen LogP contribution in [0.25, 0.3) is 0 Å². The number of rotatable bonds is 5. The topological polar surface area (TPSA) is 84.5 Å². The van der Waals surface area contributed by atoms with Crippen molar-refractivity contribution in [2.75, 3.05) is 26.2 Å². The fourth-order valence-corrected chi connectivity index (χ4v) is 2.96. The average molecular weight is 343 g/mol. The van der Waals surface area contributed by atoms with Crippen LogP contribution in [0.4, 0.5) is 5.82 Å². The molecule has 8 heteroatoms. The van der Waals surface area contributed by atoms with Gasteiger partial charge in [-0.3, -0.25) is 9.69 Å². The van der Waals surface area contributed by atoms with Crippen LogP contribution in [-0.4, -0.2) is 56.6 Å². The molecule has 2 heterocycles. The predicted molar refractivity (Wildman–Crippen MR) is 91.9 cm³/mol. The number of carbonyl (C=O) groups is 1. The maximum atomic E-state index is 12.3. The smallest absolute Gasteiger partial charge is 0.358 e. The highest BCUT2D eigenvalue weighted by Gasteiger charge is 2.23. The molecular formula is C17H21N5O3. The molecule has 132 valence electrons. The Bertz CT molecular complexity index is 765. The summed E-state index contributed by atoms with van der Waals surface area (Å²) in [6.07, 6.45) is 1.46. The van der Waals surface area contributed by atoms with Gasteiger partial charge in [-0.2, -0.15) is 4.68 Å². The zero-order valence-electron chi connectivity index (χ0n) is 14.2. The minimum Gasteiger partial charge on any atom is -0.358 e. The lowest BCUT2D eigenvalue weighted by molar-refractivity contribution is -0.389. The standard InChI is InChI=1S/C17H21N5O3/c1-14-4-2-3-5-15(14)12-19-8-10-20(11-9-19)17(23)13-21-7-6-16(18-21)22(24)25/h2-7H,8-13H2,1H3. The third-order valence-electron chi connectivity index (χ3n) is 4.49. The van der Waals surface area contributed by atoms with Crippen LogP contribution < -0.4 is 0 Å². The molecule has 2 aromatic rings. The van der Waals surface area contributed by atoms with Crippen LogP contribution in [0.5, 0.6) is 0 Å². The lowest BCUT2D eigenvalue weighted by atomic mass is 10.1. The molecule has 0 radical (unpaired) electrons. The van der Waals surface area contributed by atoms with Gasteiger partial charge in [-0.1, -0.05) is 24.3 Å². The highest BCUT2D eigenvalue weighted by Crippen LogP contribution is 2.13. The largest absolute Gasteiger partial charge is 0.389 e. The number of carbonyl (C=O) groups excluding carboxylic acids is 1. The van der Waals surface area contributed by atoms with Crippen molar-refractivity contribution in [2.45, 2.75) is 20.0 Å². The molecule has 0 saturated carbocycles. The molecule has 1 fully saturated rings. The van der Waals surface area contributed by atoms with Crippen LogP contribution in [0.3, 0.4) is 0 Å². The predicted octanol–water partition coefficient (Wildman–Crippen LogP) is 1.44. The summed E-state index contributed by atoms with van der Waals surface area (Å²) in [5, 5.41) is 14.4. The third-order valence-corrected chi connectivity index (χ3v) is 4.49. The van der Waals surface area contributed by atoms with Gasteiger partial charge < -0.3 is 15.0 Å². The van der Waals surface area contributed by atoms with E-state index in [0.717, 1.165) is 19.6 Å². The molecule has 1 amide bonds. The van der Waals surface area contributed by atoms with Gasteiger partial charge in [0.2, 0.25) is 5.91 Å². The Balaban J connectivity index is 1.50. The Hall–Kier alpha value is -2.74. The van der Waals surface area contributed by atoms with E-state index in [-0.39, 0.29) is 18.3 Å². The van der Waals surface area contributed by atoms with Gasteiger partial charge >= 0.3 is 5.82 Å². The zero-order chi connectivity index (χ0) is 17.8. The summed E-state index contributed by atoms with van der Waals surface area (Å²) in [5.41, 5.74) is 2.59. The molecular weight excluding hydrogens is 322 g/mol. The van der Waals surface area contributed by atoms with Gasteiger partial charge in [0, 0.05) is 32.7 Å². The molecule has 1 aromatic carbocycles. The van der Waals surface area contributed by atoms with Crippen molar-refractivity contribution in [3.05, 3.63) is 57.8 Å². The fourth-order valence-electron chi connectivity index (χ4n) is 2.96. The van der Waals surface area contributed by atoms with E-state index < -0.39 is 4.92 Å². The van der Waals surface area contributed by atoms with Gasteiger partial charge in [0.15, 0.2) is 0 Å². The summed E-state index contributed by atoms with van der Waals surface area (Å²) in [6, 6.07) is 9.63. The molecule has 1 aliphatic rings. The van der Waals surface area contributed by atoms with Crippen molar-refractivity contribution in [2.24, 2.45) is 0 Å². The summed E-state index contributed by atoms with van der Waals surface area (Å²) in [5.74, 6) is -0.301. The maximum absolute atomic E-state index is 12.3. The molecule has 0 spiro atoms. The molecule has 0 unspecified atom stereocenters. The second-order valence-electron chi connectivity index (χ2n) is 6.21. The van der Waals surface area contributed by atoms with E-state index in [9.17, 15) is 14.9 Å². The quantitative estimate of drug-likeness (QED) is 0.606. The monoisotopic (exact) mass is 343 g/mol. The van der Waals surface area contributed by atoms with Gasteiger partial charge in [0.1, 0.15) is 6.54 Å². The first-order chi connectivity index (χ1) is 12.0. The number of hydrogen-bond donors (Lipinski definition) is 0. The number of piperazine rings is 1. The highest BCUT2D eigenvalue weighted by molar-refractivity contribution is 5.76. The third kappa shape index (κ3) is 4.21. The van der Waals surface area contributed by atoms with Crippen molar-refractivity contribution in [1.82, 2.24) is 19.6 Å². The van der Waals surface area contributed by atoms with Gasteiger partial charge in [-0.05, 0) is 23.0 Å². The molecule has 8 nitrogen and oxygen atoms in total. The fraction of sp³-hybridized carbons (Fsp3) is 0.412. The number of benzene rings is 1. The van der Waals surface area contributed by atoms with Gasteiger partial charge in [-0.15, -0.1) is 0 Å². The lowest BCUT2D eigenvalue weighted by Crippen LogP contribution is -2.49. The lowest BCUT2D eigenvalue weighted by Gasteiger charge is -2.34. The minimum atomic E-state index is -0.564. The van der Waals surface area contributed by atoms with E-state index in [1.54, 1.807) is 4.90 Å². The van der Waals surface area contributed by atoms with Crippen molar-refractivity contribution < 1.29 is 9.72 Å². The molecule has 0 atom stereocenters. The van der Waals surface area contributed by atoms with Crippen molar-refractivity contribution >= 4 is 11.7 Å². The summed E-state index contributed by atoms with van der Waals surface area (Å²) in [7, 11) is 0. The summed E-state index contributed by atoms with van der Waals surface area (Å²) in [6.45, 7) is 5.99. The summed E-state index contributed by atoms with van der Waals surface area (Å²) < 4.78 is 1.32. The second-order valence-corrected chi connectivity index (χ2v) is 6.21. The molecule has 0 aliphatic carbocycles. The van der Waals surface area contributed by atoms with Crippen LogP contribution in [0, 0.1) is 17.0 Å². The Morgan fingerprint density at radius 2 is 1.92 bits per heavy atom. The van der Waals surface area contributed by atoms with Gasteiger partial charge in [0.25, 0.3) is 0 Å². The molecule has 25 heavy (non-hydrogen) atoms. The number of amides is 1. The normalized spacial score (nSPS) is 15.3. The van der Waals surface area contributed by atoms with E-state index in [1.807, 2.05) is 12.1 Å². The number of nitro groups is 1. The number of aryl methyl sites for hydroxylation is 1. The molecule has 0 N–H and O–H groups in total. The molecule has 0 bridgehead atoms. The van der Waals surface area contributed by atoms with E-state index in [4.69, 9.17) is 0 Å². The maximum Gasteiger partial charge on any atom is 0.389 e. The SMILES string of the molecule is Cc1ccccc1CN1CCN(C(=O)Cn2ccc([N+](=O)[O-])n2)CC1. The van der Waals surface area contributed by atoms with E-state index in [2.05, 4.69) is 29.1 Å². The molecule has 1 aliphatic heterocycles. The van der Waals surface area contributed by atoms with Crippen LogP contribution in [0.2, 0.25) is 0 Å². The highest BCUT2D eigenvalue weighted by atomic mass is 16.6. The first-order valence-electron chi connectivity index (χ1n) is 8.25. The first-order valence-corrected chi connectivity index (χ1v) is 8.25. The second kappa shape index (κ2) is 7.43. The van der Waals surface area contributed by atoms with E-state index in [1.165, 1.54) is 28.1 Å². The van der Waals surface area contributed by atoms with Crippen LogP contribution >= 0.6 is 0 Å². The van der Waals surface area contributed by atoms with Crippen LogP contribution in [-0.2, 0) is 17.9 Å². The van der Waals surface area contributed by atoms with Crippen molar-refractivity contribution in [1.29, 1.82) is 0 Å². The average Bonchev–Trinajstić information content (AvgIpc) is 3.06. The van der Waals surface area contributed by atoms with E-state index >= 15 is 0 Å². The van der Waals surface area contributed by atoms with E-state index in [0.29, 0.717) is 13.1 Å². The number of hydrogen-bond acceptors (Lipinski definition) is 5. The molecule has 3 rings (SSSR count). The minimum absolute atomic E-state index is 0.0334. The zero-order valence-corrected chi connectivity index (χ0v) is 14.2. The van der Waals surface area contributed by atoms with Crippen LogP contribution in [0.15, 0.2) is 36.5 Å². The van der Waals surface area contributed by atoms with Gasteiger partial charge in [-0.25, -0.2) is 0 Å². The Morgan fingerprint density at radius 1 is 1.20 bits per heavy atom. The Morgan fingerprint density at radius 3 is 2.56 bits per heavy atom. The van der Waals surface area contributed by atoms with Crippen molar-refractivity contribution in [3.63, 3.8) is 0 Å². The van der Waals surface area contributed by atoms with Gasteiger partial charge in [0.05, 0.1) is 17.4 Å². The van der Waals surface area contributed by atoms with Crippen LogP contribution in [0.1, 0.15) is 11.1 Å². The summed E-state index contributed by atoms with van der Waals surface area (Å²) in [4.78, 5) is 26.6. The first kappa shape index (κ1) is 17.1. The Labute approximate surface area is 145 Å². The molecule has 1 saturated heterocycles. The molecule has 1 aromatic heterocycles. The number of nitrogens with zero attached hydrogens (tertiary/aromatic N) is 5. The Kier molecular flexibility index (Phi) is 5.08. The number of aromatic nitrogens is 2. The summed E-state index contributed by atoms with van der Waals surface area (Å²) >= 11 is 0. The van der Waals surface area contributed by atoms with Crippen molar-refractivity contribution in [3.8, 4) is 0 Å².